The van der Waals surface area contributed by atoms with Crippen molar-refractivity contribution in [1.29, 1.82) is 0 Å². The molecule has 0 radical (unpaired) electrons. The molecule has 0 fully saturated rings. The zero-order valence-corrected chi connectivity index (χ0v) is 17.9. The standard InChI is InChI=1S/C22H36O7/c1-3-5-26-17-19-15-21-22(16-20(19)18-27-6-4-2)29-14-12-25-10-8-23-7-9-24-11-13-28-21/h15-16H,3-14,17-18H2,1-2H3. The second-order valence-electron chi connectivity index (χ2n) is 6.71. The largest absolute Gasteiger partial charge is 0.487 e. The van der Waals surface area contributed by atoms with Crippen molar-refractivity contribution in [2.75, 3.05) is 66.1 Å². The van der Waals surface area contributed by atoms with E-state index in [1.165, 1.54) is 0 Å². The number of ether oxygens (including phenoxy) is 7. The van der Waals surface area contributed by atoms with Crippen molar-refractivity contribution < 1.29 is 33.2 Å². The number of fused-ring (bicyclic) bond motifs is 1. The molecule has 0 N–H and O–H groups in total. The third kappa shape index (κ3) is 9.78. The van der Waals surface area contributed by atoms with Crippen molar-refractivity contribution >= 4 is 0 Å². The zero-order chi connectivity index (χ0) is 20.6. The predicted octanol–water partition coefficient (Wildman–Crippen LogP) is 3.36. The summed E-state index contributed by atoms with van der Waals surface area (Å²) >= 11 is 0. The summed E-state index contributed by atoms with van der Waals surface area (Å²) in [5.41, 5.74) is 2.11. The fourth-order valence-electron chi connectivity index (χ4n) is 2.75. The highest BCUT2D eigenvalue weighted by Crippen LogP contribution is 2.32. The number of benzene rings is 1. The molecule has 0 saturated carbocycles. The van der Waals surface area contributed by atoms with Gasteiger partial charge in [-0.1, -0.05) is 13.8 Å². The normalized spacial score (nSPS) is 16.8. The number of hydrogen-bond acceptors (Lipinski definition) is 7. The molecule has 1 aromatic carbocycles. The van der Waals surface area contributed by atoms with E-state index in [0.29, 0.717) is 77.6 Å². The van der Waals surface area contributed by atoms with Crippen LogP contribution < -0.4 is 9.47 Å². The Bertz CT molecular complexity index is 503. The zero-order valence-electron chi connectivity index (χ0n) is 17.9. The summed E-state index contributed by atoms with van der Waals surface area (Å²) < 4.78 is 40.0. The van der Waals surface area contributed by atoms with Crippen LogP contribution in [0.4, 0.5) is 0 Å². The average Bonchev–Trinajstić information content (AvgIpc) is 2.73. The lowest BCUT2D eigenvalue weighted by atomic mass is 10.1. The molecule has 166 valence electrons. The molecule has 0 atom stereocenters. The van der Waals surface area contributed by atoms with Gasteiger partial charge in [-0.3, -0.25) is 0 Å². The lowest BCUT2D eigenvalue weighted by Crippen LogP contribution is -2.13. The van der Waals surface area contributed by atoms with Gasteiger partial charge in [0, 0.05) is 13.2 Å². The molecule has 7 nitrogen and oxygen atoms in total. The van der Waals surface area contributed by atoms with Gasteiger partial charge in [-0.2, -0.15) is 0 Å². The Morgan fingerprint density at radius 3 is 1.38 bits per heavy atom. The molecule has 0 unspecified atom stereocenters. The Hall–Kier alpha value is -1.38. The van der Waals surface area contributed by atoms with Crippen LogP contribution in [0.25, 0.3) is 0 Å². The SMILES string of the molecule is CCCOCc1cc2c(cc1COCCC)OCCOCCOCCOCCO2. The average molecular weight is 413 g/mol. The molecule has 1 aliphatic heterocycles. The van der Waals surface area contributed by atoms with Crippen molar-refractivity contribution in [3.8, 4) is 11.5 Å². The van der Waals surface area contributed by atoms with Crippen LogP contribution in [0.1, 0.15) is 37.8 Å². The number of rotatable bonds is 8. The second kappa shape index (κ2) is 15.5. The van der Waals surface area contributed by atoms with Crippen LogP contribution in [0.5, 0.6) is 11.5 Å². The second-order valence-corrected chi connectivity index (χ2v) is 6.71. The van der Waals surface area contributed by atoms with Crippen LogP contribution in [0.2, 0.25) is 0 Å². The van der Waals surface area contributed by atoms with E-state index in [4.69, 9.17) is 33.2 Å². The summed E-state index contributed by atoms with van der Waals surface area (Å²) in [6.45, 7) is 10.7. The lowest BCUT2D eigenvalue weighted by Gasteiger charge is -2.18. The van der Waals surface area contributed by atoms with E-state index >= 15 is 0 Å². The van der Waals surface area contributed by atoms with E-state index in [9.17, 15) is 0 Å². The first-order valence-electron chi connectivity index (χ1n) is 10.6. The first-order valence-corrected chi connectivity index (χ1v) is 10.6. The third-order valence-corrected chi connectivity index (χ3v) is 4.19. The van der Waals surface area contributed by atoms with Gasteiger partial charge in [0.05, 0.1) is 52.9 Å². The summed E-state index contributed by atoms with van der Waals surface area (Å²) in [6, 6.07) is 4.00. The van der Waals surface area contributed by atoms with Crippen LogP contribution in [-0.4, -0.2) is 66.1 Å². The van der Waals surface area contributed by atoms with Gasteiger partial charge >= 0.3 is 0 Å². The molecule has 0 saturated heterocycles. The van der Waals surface area contributed by atoms with Crippen molar-refractivity contribution in [3.05, 3.63) is 23.3 Å². The van der Waals surface area contributed by atoms with Crippen molar-refractivity contribution in [2.45, 2.75) is 39.9 Å². The molecule has 0 amide bonds. The van der Waals surface area contributed by atoms with Crippen LogP contribution in [0.3, 0.4) is 0 Å². The Kier molecular flexibility index (Phi) is 12.7. The molecule has 2 rings (SSSR count). The molecule has 0 aliphatic carbocycles. The van der Waals surface area contributed by atoms with Crippen LogP contribution in [0.15, 0.2) is 12.1 Å². The van der Waals surface area contributed by atoms with Crippen LogP contribution >= 0.6 is 0 Å². The van der Waals surface area contributed by atoms with E-state index in [0.717, 1.165) is 37.2 Å². The fraction of sp³-hybridized carbons (Fsp3) is 0.727. The minimum absolute atomic E-state index is 0.438. The van der Waals surface area contributed by atoms with E-state index in [2.05, 4.69) is 13.8 Å². The Morgan fingerprint density at radius 1 is 0.621 bits per heavy atom. The summed E-state index contributed by atoms with van der Waals surface area (Å²) in [6.07, 6.45) is 1.96. The summed E-state index contributed by atoms with van der Waals surface area (Å²) in [5.74, 6) is 1.38. The Balaban J connectivity index is 2.13. The molecule has 0 bridgehead atoms. The van der Waals surface area contributed by atoms with Gasteiger partial charge < -0.3 is 33.2 Å². The molecule has 0 aromatic heterocycles. The predicted molar refractivity (Wildman–Crippen MR) is 110 cm³/mol. The molecule has 1 aromatic rings. The van der Waals surface area contributed by atoms with Gasteiger partial charge in [-0.05, 0) is 36.1 Å². The third-order valence-electron chi connectivity index (χ3n) is 4.19. The summed E-state index contributed by atoms with van der Waals surface area (Å²) in [7, 11) is 0. The van der Waals surface area contributed by atoms with Crippen LogP contribution in [0, 0.1) is 0 Å². The highest BCUT2D eigenvalue weighted by atomic mass is 16.6. The molecule has 0 spiro atoms. The highest BCUT2D eigenvalue weighted by molar-refractivity contribution is 5.47. The first-order chi connectivity index (χ1) is 14.3. The molecule has 7 heteroatoms. The van der Waals surface area contributed by atoms with Gasteiger partial charge in [0.1, 0.15) is 13.2 Å². The minimum atomic E-state index is 0.438. The van der Waals surface area contributed by atoms with Crippen molar-refractivity contribution in [2.24, 2.45) is 0 Å². The van der Waals surface area contributed by atoms with Gasteiger partial charge in [0.15, 0.2) is 11.5 Å². The van der Waals surface area contributed by atoms with Crippen molar-refractivity contribution in [1.82, 2.24) is 0 Å². The monoisotopic (exact) mass is 412 g/mol. The maximum Gasteiger partial charge on any atom is 0.161 e. The molecule has 1 aliphatic rings. The summed E-state index contributed by atoms with van der Waals surface area (Å²) in [4.78, 5) is 0. The van der Waals surface area contributed by atoms with Gasteiger partial charge in [-0.15, -0.1) is 0 Å². The van der Waals surface area contributed by atoms with Gasteiger partial charge in [-0.25, -0.2) is 0 Å². The van der Waals surface area contributed by atoms with E-state index in [-0.39, 0.29) is 0 Å². The fourth-order valence-corrected chi connectivity index (χ4v) is 2.75. The maximum absolute atomic E-state index is 5.96. The summed E-state index contributed by atoms with van der Waals surface area (Å²) in [5, 5.41) is 0. The lowest BCUT2D eigenvalue weighted by molar-refractivity contribution is 0.00707. The minimum Gasteiger partial charge on any atom is -0.487 e. The highest BCUT2D eigenvalue weighted by Gasteiger charge is 2.14. The first kappa shape index (κ1) is 23.9. The van der Waals surface area contributed by atoms with E-state index in [1.54, 1.807) is 0 Å². The molecular formula is C22H36O7. The van der Waals surface area contributed by atoms with E-state index < -0.39 is 0 Å². The van der Waals surface area contributed by atoms with Crippen molar-refractivity contribution in [3.63, 3.8) is 0 Å². The molecule has 29 heavy (non-hydrogen) atoms. The number of hydrogen-bond donors (Lipinski definition) is 0. The van der Waals surface area contributed by atoms with Gasteiger partial charge in [0.25, 0.3) is 0 Å². The molecular weight excluding hydrogens is 376 g/mol. The Labute approximate surface area is 174 Å². The topological polar surface area (TPSA) is 64.6 Å². The molecule has 1 heterocycles. The quantitative estimate of drug-likeness (QED) is 0.607. The van der Waals surface area contributed by atoms with Gasteiger partial charge in [0.2, 0.25) is 0 Å². The van der Waals surface area contributed by atoms with E-state index in [1.807, 2.05) is 12.1 Å². The maximum atomic E-state index is 5.96. The van der Waals surface area contributed by atoms with Crippen LogP contribution in [-0.2, 0) is 36.9 Å². The Morgan fingerprint density at radius 2 is 1.00 bits per heavy atom. The smallest absolute Gasteiger partial charge is 0.161 e.